The predicted octanol–water partition coefficient (Wildman–Crippen LogP) is 2.48. The fourth-order valence-electron chi connectivity index (χ4n) is 3.51. The molecule has 0 aromatic heterocycles. The number of hydrogen-bond donors (Lipinski definition) is 1. The highest BCUT2D eigenvalue weighted by molar-refractivity contribution is 7.89. The zero-order chi connectivity index (χ0) is 19.3. The lowest BCUT2D eigenvalue weighted by Crippen LogP contribution is -2.50. The SMILES string of the molecule is Cc1cccc(S(=O)(=O)N[C@@H](C)CN2CCN(Cc3ccccc3)CC2)c1. The summed E-state index contributed by atoms with van der Waals surface area (Å²) in [5.74, 6) is 0. The van der Waals surface area contributed by atoms with E-state index in [9.17, 15) is 8.42 Å². The Bertz CT molecular complexity index is 832. The van der Waals surface area contributed by atoms with Crippen LogP contribution in [-0.2, 0) is 16.6 Å². The van der Waals surface area contributed by atoms with Crippen molar-refractivity contribution in [2.75, 3.05) is 32.7 Å². The lowest BCUT2D eigenvalue weighted by molar-refractivity contribution is 0.122. The van der Waals surface area contributed by atoms with Gasteiger partial charge in [0.25, 0.3) is 0 Å². The first kappa shape index (κ1) is 20.0. The third-order valence-electron chi connectivity index (χ3n) is 4.90. The lowest BCUT2D eigenvalue weighted by atomic mass is 10.2. The van der Waals surface area contributed by atoms with Crippen molar-refractivity contribution >= 4 is 10.0 Å². The molecular weight excluding hydrogens is 358 g/mol. The molecule has 0 unspecified atom stereocenters. The van der Waals surface area contributed by atoms with E-state index in [1.165, 1.54) is 5.56 Å². The van der Waals surface area contributed by atoms with E-state index >= 15 is 0 Å². The normalized spacial score (nSPS) is 17.7. The molecule has 1 saturated heterocycles. The van der Waals surface area contributed by atoms with E-state index in [0.29, 0.717) is 4.90 Å². The zero-order valence-corrected chi connectivity index (χ0v) is 17.0. The van der Waals surface area contributed by atoms with Crippen LogP contribution < -0.4 is 4.72 Å². The molecule has 146 valence electrons. The van der Waals surface area contributed by atoms with E-state index in [-0.39, 0.29) is 6.04 Å². The van der Waals surface area contributed by atoms with Gasteiger partial charge in [0, 0.05) is 45.3 Å². The summed E-state index contributed by atoms with van der Waals surface area (Å²) in [5, 5.41) is 0. The molecule has 0 spiro atoms. The molecule has 0 saturated carbocycles. The molecule has 0 aliphatic carbocycles. The average molecular weight is 388 g/mol. The second-order valence-electron chi connectivity index (χ2n) is 7.40. The Morgan fingerprint density at radius 2 is 1.63 bits per heavy atom. The monoisotopic (exact) mass is 387 g/mol. The molecule has 27 heavy (non-hydrogen) atoms. The molecule has 5 nitrogen and oxygen atoms in total. The summed E-state index contributed by atoms with van der Waals surface area (Å²) >= 11 is 0. The van der Waals surface area contributed by atoms with Gasteiger partial charge in [-0.1, -0.05) is 42.5 Å². The first-order chi connectivity index (χ1) is 12.9. The highest BCUT2D eigenvalue weighted by Crippen LogP contribution is 2.12. The van der Waals surface area contributed by atoms with Gasteiger partial charge in [-0.15, -0.1) is 0 Å². The smallest absolute Gasteiger partial charge is 0.240 e. The van der Waals surface area contributed by atoms with E-state index in [4.69, 9.17) is 0 Å². The molecular formula is C21H29N3O2S. The number of aryl methyl sites for hydroxylation is 1. The van der Waals surface area contributed by atoms with Gasteiger partial charge < -0.3 is 0 Å². The third kappa shape index (κ3) is 5.87. The summed E-state index contributed by atoms with van der Waals surface area (Å²) in [6, 6.07) is 17.4. The van der Waals surface area contributed by atoms with Crippen molar-refractivity contribution in [2.24, 2.45) is 0 Å². The van der Waals surface area contributed by atoms with Gasteiger partial charge in [-0.05, 0) is 37.1 Å². The fourth-order valence-corrected chi connectivity index (χ4v) is 4.85. The van der Waals surface area contributed by atoms with Gasteiger partial charge in [0.1, 0.15) is 0 Å². The number of nitrogens with zero attached hydrogens (tertiary/aromatic N) is 2. The van der Waals surface area contributed by atoms with Crippen molar-refractivity contribution in [1.29, 1.82) is 0 Å². The summed E-state index contributed by atoms with van der Waals surface area (Å²) in [6.45, 7) is 9.47. The average Bonchev–Trinajstić information content (AvgIpc) is 2.64. The number of hydrogen-bond acceptors (Lipinski definition) is 4. The second kappa shape index (κ2) is 8.97. The highest BCUT2D eigenvalue weighted by Gasteiger charge is 2.22. The molecule has 0 bridgehead atoms. The molecule has 1 N–H and O–H groups in total. The van der Waals surface area contributed by atoms with Crippen LogP contribution in [-0.4, -0.2) is 57.0 Å². The minimum absolute atomic E-state index is 0.129. The molecule has 1 aliphatic heterocycles. The van der Waals surface area contributed by atoms with Crippen LogP contribution in [0.15, 0.2) is 59.5 Å². The summed E-state index contributed by atoms with van der Waals surface area (Å²) in [6.07, 6.45) is 0. The maximum absolute atomic E-state index is 12.6. The van der Waals surface area contributed by atoms with E-state index in [2.05, 4.69) is 38.8 Å². The quantitative estimate of drug-likeness (QED) is 0.793. The molecule has 2 aromatic carbocycles. The maximum atomic E-state index is 12.6. The van der Waals surface area contributed by atoms with E-state index in [0.717, 1.165) is 44.8 Å². The predicted molar refractivity (Wildman–Crippen MR) is 109 cm³/mol. The Kier molecular flexibility index (Phi) is 6.65. The first-order valence-corrected chi connectivity index (χ1v) is 11.0. The highest BCUT2D eigenvalue weighted by atomic mass is 32.2. The van der Waals surface area contributed by atoms with Crippen molar-refractivity contribution in [3.63, 3.8) is 0 Å². The Hall–Kier alpha value is -1.73. The Labute approximate surface area is 163 Å². The van der Waals surface area contributed by atoms with Gasteiger partial charge in [-0.2, -0.15) is 0 Å². The van der Waals surface area contributed by atoms with Crippen LogP contribution in [0.2, 0.25) is 0 Å². The molecule has 1 aliphatic rings. The number of benzene rings is 2. The Morgan fingerprint density at radius 3 is 2.30 bits per heavy atom. The lowest BCUT2D eigenvalue weighted by Gasteiger charge is -2.36. The number of rotatable bonds is 7. The molecule has 1 heterocycles. The van der Waals surface area contributed by atoms with E-state index in [1.54, 1.807) is 18.2 Å². The van der Waals surface area contributed by atoms with Crippen molar-refractivity contribution in [2.45, 2.75) is 31.3 Å². The molecule has 6 heteroatoms. The van der Waals surface area contributed by atoms with Gasteiger partial charge >= 0.3 is 0 Å². The largest absolute Gasteiger partial charge is 0.299 e. The van der Waals surface area contributed by atoms with E-state index in [1.807, 2.05) is 26.0 Å². The van der Waals surface area contributed by atoms with Crippen LogP contribution >= 0.6 is 0 Å². The summed E-state index contributed by atoms with van der Waals surface area (Å²) in [7, 11) is -3.47. The first-order valence-electron chi connectivity index (χ1n) is 9.50. The number of nitrogens with one attached hydrogen (secondary N) is 1. The molecule has 1 fully saturated rings. The van der Waals surface area contributed by atoms with Crippen LogP contribution in [0.1, 0.15) is 18.1 Å². The summed E-state index contributed by atoms with van der Waals surface area (Å²) in [5.41, 5.74) is 2.28. The van der Waals surface area contributed by atoms with Crippen molar-refractivity contribution < 1.29 is 8.42 Å². The van der Waals surface area contributed by atoms with Crippen LogP contribution in [0.3, 0.4) is 0 Å². The Morgan fingerprint density at radius 1 is 0.963 bits per heavy atom. The topological polar surface area (TPSA) is 52.7 Å². The Balaban J connectivity index is 1.47. The molecule has 1 atom stereocenters. The van der Waals surface area contributed by atoms with Crippen molar-refractivity contribution in [1.82, 2.24) is 14.5 Å². The fraction of sp³-hybridized carbons (Fsp3) is 0.429. The summed E-state index contributed by atoms with van der Waals surface area (Å²) < 4.78 is 27.9. The van der Waals surface area contributed by atoms with Crippen LogP contribution in [0.4, 0.5) is 0 Å². The van der Waals surface area contributed by atoms with Crippen LogP contribution in [0.25, 0.3) is 0 Å². The summed E-state index contributed by atoms with van der Waals surface area (Å²) in [4.78, 5) is 5.13. The molecule has 2 aromatic rings. The van der Waals surface area contributed by atoms with Gasteiger partial charge in [0.05, 0.1) is 4.90 Å². The minimum Gasteiger partial charge on any atom is -0.299 e. The molecule has 3 rings (SSSR count). The maximum Gasteiger partial charge on any atom is 0.240 e. The molecule has 0 amide bonds. The van der Waals surface area contributed by atoms with Crippen molar-refractivity contribution in [3.05, 3.63) is 65.7 Å². The zero-order valence-electron chi connectivity index (χ0n) is 16.1. The van der Waals surface area contributed by atoms with Gasteiger partial charge in [-0.3, -0.25) is 9.80 Å². The second-order valence-corrected chi connectivity index (χ2v) is 9.12. The molecule has 0 radical (unpaired) electrons. The van der Waals surface area contributed by atoms with Gasteiger partial charge in [0.15, 0.2) is 0 Å². The number of piperazine rings is 1. The van der Waals surface area contributed by atoms with Crippen LogP contribution in [0, 0.1) is 6.92 Å². The third-order valence-corrected chi connectivity index (χ3v) is 6.49. The minimum atomic E-state index is -3.47. The van der Waals surface area contributed by atoms with Gasteiger partial charge in [-0.25, -0.2) is 13.1 Å². The standard InChI is InChI=1S/C21H29N3O2S/c1-18-7-6-10-21(15-18)27(25,26)22-19(2)16-23-11-13-24(14-12-23)17-20-8-4-3-5-9-20/h3-10,15,19,22H,11-14,16-17H2,1-2H3/t19-/m0/s1. The number of sulfonamides is 1. The van der Waals surface area contributed by atoms with E-state index < -0.39 is 10.0 Å². The van der Waals surface area contributed by atoms with Crippen LogP contribution in [0.5, 0.6) is 0 Å². The van der Waals surface area contributed by atoms with Gasteiger partial charge in [0.2, 0.25) is 10.0 Å². The van der Waals surface area contributed by atoms with Crippen molar-refractivity contribution in [3.8, 4) is 0 Å².